The summed E-state index contributed by atoms with van der Waals surface area (Å²) in [6.07, 6.45) is 1.10. The number of carbonyl (C=O) groups excluding carboxylic acids is 1. The maximum Gasteiger partial charge on any atom is 0.273 e. The molecular formula is C21H18ClFN4O4. The van der Waals surface area contributed by atoms with Crippen LogP contribution >= 0.6 is 11.6 Å². The van der Waals surface area contributed by atoms with E-state index in [4.69, 9.17) is 25.9 Å². The highest BCUT2D eigenvalue weighted by Crippen LogP contribution is 2.33. The maximum atomic E-state index is 15.0. The van der Waals surface area contributed by atoms with Crippen LogP contribution in [-0.4, -0.2) is 35.7 Å². The quantitative estimate of drug-likeness (QED) is 0.432. The van der Waals surface area contributed by atoms with Crippen molar-refractivity contribution in [3.8, 4) is 23.3 Å². The fourth-order valence-electron chi connectivity index (χ4n) is 2.56. The van der Waals surface area contributed by atoms with Crippen molar-refractivity contribution < 1.29 is 23.5 Å². The van der Waals surface area contributed by atoms with Crippen LogP contribution in [0.2, 0.25) is 5.02 Å². The van der Waals surface area contributed by atoms with Gasteiger partial charge in [-0.1, -0.05) is 35.0 Å². The standard InChI is InChI=1S/C21H18ClFN4O4/c1-12-14(22)8-6-10-15(12)30-20-17(23)21(26-11-25-20)31-16-9-5-4-7-13(16)18(27-29-3)19(28)24-2/h4-11H,1-3H3,(H,24,28)/b27-18+. The molecule has 0 unspecified atom stereocenters. The van der Waals surface area contributed by atoms with E-state index in [1.165, 1.54) is 20.2 Å². The molecule has 160 valence electrons. The molecule has 1 amide bonds. The van der Waals surface area contributed by atoms with Crippen molar-refractivity contribution in [1.82, 2.24) is 15.3 Å². The number of hydrogen-bond acceptors (Lipinski definition) is 7. The molecule has 1 heterocycles. The molecule has 0 saturated heterocycles. The van der Waals surface area contributed by atoms with Gasteiger partial charge in [-0.2, -0.15) is 14.4 Å². The van der Waals surface area contributed by atoms with E-state index in [0.717, 1.165) is 6.33 Å². The first-order chi connectivity index (χ1) is 15.0. The molecule has 31 heavy (non-hydrogen) atoms. The molecular weight excluding hydrogens is 427 g/mol. The first-order valence-corrected chi connectivity index (χ1v) is 9.38. The molecule has 3 rings (SSSR count). The van der Waals surface area contributed by atoms with Crippen LogP contribution in [0.1, 0.15) is 11.1 Å². The van der Waals surface area contributed by atoms with Gasteiger partial charge in [0, 0.05) is 17.6 Å². The number of amides is 1. The van der Waals surface area contributed by atoms with Crippen molar-refractivity contribution >= 4 is 23.2 Å². The molecule has 2 aromatic carbocycles. The molecule has 0 atom stereocenters. The number of oxime groups is 1. The molecule has 8 nitrogen and oxygen atoms in total. The lowest BCUT2D eigenvalue weighted by Gasteiger charge is -2.13. The Bertz CT molecular complexity index is 1140. The number of nitrogens with one attached hydrogen (secondary N) is 1. The van der Waals surface area contributed by atoms with Crippen molar-refractivity contribution in [2.45, 2.75) is 6.92 Å². The largest absolute Gasteiger partial charge is 0.436 e. The minimum Gasteiger partial charge on any atom is -0.436 e. The third kappa shape index (κ3) is 4.89. The molecule has 0 fully saturated rings. The van der Waals surface area contributed by atoms with Crippen LogP contribution in [0.25, 0.3) is 0 Å². The van der Waals surface area contributed by atoms with Gasteiger partial charge in [0.2, 0.25) is 5.82 Å². The van der Waals surface area contributed by atoms with Gasteiger partial charge < -0.3 is 19.6 Å². The number of ether oxygens (including phenoxy) is 2. The first-order valence-electron chi connectivity index (χ1n) is 9.00. The number of likely N-dealkylation sites (N-methyl/N-ethyl adjacent to an activating group) is 1. The Hall–Kier alpha value is -3.72. The van der Waals surface area contributed by atoms with Crippen LogP contribution in [0.5, 0.6) is 23.3 Å². The van der Waals surface area contributed by atoms with E-state index in [2.05, 4.69) is 20.4 Å². The van der Waals surface area contributed by atoms with Crippen molar-refractivity contribution in [1.29, 1.82) is 0 Å². The summed E-state index contributed by atoms with van der Waals surface area (Å²) in [5, 5.41) is 6.67. The van der Waals surface area contributed by atoms with Crippen LogP contribution in [0.4, 0.5) is 4.39 Å². The van der Waals surface area contributed by atoms with E-state index < -0.39 is 17.6 Å². The Kier molecular flexibility index (Phi) is 6.99. The summed E-state index contributed by atoms with van der Waals surface area (Å²) in [5.41, 5.74) is 0.844. The van der Waals surface area contributed by atoms with E-state index in [-0.39, 0.29) is 22.9 Å². The zero-order chi connectivity index (χ0) is 22.4. The van der Waals surface area contributed by atoms with Gasteiger partial charge in [-0.3, -0.25) is 4.79 Å². The van der Waals surface area contributed by atoms with Crippen molar-refractivity contribution in [2.24, 2.45) is 5.16 Å². The number of halogens is 2. The number of aromatic nitrogens is 2. The first kappa shape index (κ1) is 22.0. The molecule has 0 aliphatic rings. The lowest BCUT2D eigenvalue weighted by atomic mass is 10.1. The fraction of sp³-hybridized carbons (Fsp3) is 0.143. The van der Waals surface area contributed by atoms with E-state index in [1.807, 2.05) is 0 Å². The number of benzene rings is 2. The second-order valence-corrected chi connectivity index (χ2v) is 6.47. The van der Waals surface area contributed by atoms with Crippen LogP contribution in [0, 0.1) is 12.7 Å². The molecule has 1 N–H and O–H groups in total. The Balaban J connectivity index is 1.96. The lowest BCUT2D eigenvalue weighted by Crippen LogP contribution is -2.28. The molecule has 0 aliphatic carbocycles. The summed E-state index contributed by atoms with van der Waals surface area (Å²) < 4.78 is 26.3. The smallest absolute Gasteiger partial charge is 0.273 e. The zero-order valence-corrected chi connectivity index (χ0v) is 17.6. The van der Waals surface area contributed by atoms with E-state index in [0.29, 0.717) is 16.3 Å². The minimum absolute atomic E-state index is 0.0545. The second-order valence-electron chi connectivity index (χ2n) is 6.06. The number of para-hydroxylation sites is 1. The van der Waals surface area contributed by atoms with Gasteiger partial charge in [-0.15, -0.1) is 0 Å². The number of carbonyl (C=O) groups is 1. The van der Waals surface area contributed by atoms with Gasteiger partial charge in [-0.25, -0.2) is 0 Å². The molecule has 0 aliphatic heterocycles. The van der Waals surface area contributed by atoms with Crippen LogP contribution in [0.3, 0.4) is 0 Å². The van der Waals surface area contributed by atoms with Crippen molar-refractivity contribution in [3.05, 3.63) is 70.8 Å². The number of hydrogen-bond donors (Lipinski definition) is 1. The summed E-state index contributed by atoms with van der Waals surface area (Å²) in [6, 6.07) is 11.4. The molecule has 1 aromatic heterocycles. The molecule has 0 saturated carbocycles. The summed E-state index contributed by atoms with van der Waals surface area (Å²) in [5.74, 6) is -1.71. The third-order valence-electron chi connectivity index (χ3n) is 4.12. The van der Waals surface area contributed by atoms with E-state index in [9.17, 15) is 4.79 Å². The predicted octanol–water partition coefficient (Wildman–Crippen LogP) is 4.26. The third-order valence-corrected chi connectivity index (χ3v) is 4.53. The highest BCUT2D eigenvalue weighted by atomic mass is 35.5. The van der Waals surface area contributed by atoms with Gasteiger partial charge >= 0.3 is 0 Å². The summed E-state index contributed by atoms with van der Waals surface area (Å²) in [6.45, 7) is 1.74. The average Bonchev–Trinajstić information content (AvgIpc) is 2.78. The van der Waals surface area contributed by atoms with E-state index >= 15 is 4.39 Å². The van der Waals surface area contributed by atoms with Crippen molar-refractivity contribution in [2.75, 3.05) is 14.2 Å². The SMILES string of the molecule is CNC(=O)/C(=N/OC)c1ccccc1Oc1ncnc(Oc2cccc(Cl)c2C)c1F. The highest BCUT2D eigenvalue weighted by Gasteiger charge is 2.22. The zero-order valence-electron chi connectivity index (χ0n) is 16.8. The van der Waals surface area contributed by atoms with Gasteiger partial charge in [0.25, 0.3) is 17.7 Å². The van der Waals surface area contributed by atoms with Gasteiger partial charge in [0.1, 0.15) is 24.9 Å². The summed E-state index contributed by atoms with van der Waals surface area (Å²) in [7, 11) is 2.75. The topological polar surface area (TPSA) is 94.9 Å². The maximum absolute atomic E-state index is 15.0. The van der Waals surface area contributed by atoms with Crippen molar-refractivity contribution in [3.63, 3.8) is 0 Å². The molecule has 3 aromatic rings. The summed E-state index contributed by atoms with van der Waals surface area (Å²) >= 11 is 6.08. The molecule has 0 spiro atoms. The molecule has 0 radical (unpaired) electrons. The number of nitrogens with zero attached hydrogens (tertiary/aromatic N) is 3. The predicted molar refractivity (Wildman–Crippen MR) is 112 cm³/mol. The Morgan fingerprint density at radius 3 is 2.39 bits per heavy atom. The van der Waals surface area contributed by atoms with Crippen LogP contribution < -0.4 is 14.8 Å². The second kappa shape index (κ2) is 9.86. The fourth-order valence-corrected chi connectivity index (χ4v) is 2.73. The van der Waals surface area contributed by atoms with Crippen LogP contribution in [-0.2, 0) is 9.63 Å². The number of rotatable bonds is 7. The molecule has 0 bridgehead atoms. The molecule has 10 heteroatoms. The lowest BCUT2D eigenvalue weighted by molar-refractivity contribution is -0.114. The van der Waals surface area contributed by atoms with Gasteiger partial charge in [0.05, 0.1) is 5.56 Å². The summed E-state index contributed by atoms with van der Waals surface area (Å²) in [4.78, 5) is 24.6. The monoisotopic (exact) mass is 444 g/mol. The van der Waals surface area contributed by atoms with Gasteiger partial charge in [0.15, 0.2) is 5.71 Å². The van der Waals surface area contributed by atoms with E-state index in [1.54, 1.807) is 43.3 Å². The Labute approximate surface area is 182 Å². The van der Waals surface area contributed by atoms with Crippen LogP contribution in [0.15, 0.2) is 53.9 Å². The Morgan fingerprint density at radius 1 is 1.06 bits per heavy atom. The highest BCUT2D eigenvalue weighted by molar-refractivity contribution is 6.45. The minimum atomic E-state index is -0.929. The Morgan fingerprint density at radius 2 is 1.71 bits per heavy atom. The average molecular weight is 445 g/mol. The van der Waals surface area contributed by atoms with Gasteiger partial charge in [-0.05, 0) is 31.2 Å². The normalized spacial score (nSPS) is 11.1.